The number of carbonyl (C=O) groups is 1. The molecule has 36 heavy (non-hydrogen) atoms. The van der Waals surface area contributed by atoms with Gasteiger partial charge in [-0.05, 0) is 55.2 Å². The van der Waals surface area contributed by atoms with Crippen molar-refractivity contribution in [1.29, 1.82) is 0 Å². The summed E-state index contributed by atoms with van der Waals surface area (Å²) in [5, 5.41) is 0.419. The molecule has 0 radical (unpaired) electrons. The zero-order valence-corrected chi connectivity index (χ0v) is 20.6. The fraction of sp³-hybridized carbons (Fsp3) is 0.286. The average molecular weight is 486 g/mol. The number of methoxy groups -OCH3 is 1. The van der Waals surface area contributed by atoms with Gasteiger partial charge in [-0.2, -0.15) is 0 Å². The maximum atomic E-state index is 13.8. The highest BCUT2D eigenvalue weighted by Crippen LogP contribution is 2.42. The van der Waals surface area contributed by atoms with Crippen molar-refractivity contribution in [2.24, 2.45) is 5.92 Å². The number of hydrogen-bond acceptors (Lipinski definition) is 7. The van der Waals surface area contributed by atoms with Gasteiger partial charge in [-0.1, -0.05) is 31.5 Å². The number of benzene rings is 2. The average Bonchev–Trinajstić information content (AvgIpc) is 3.17. The molecule has 1 atom stereocenters. The van der Waals surface area contributed by atoms with Crippen LogP contribution in [0.1, 0.15) is 53.6 Å². The molecule has 0 saturated carbocycles. The predicted octanol–water partition coefficient (Wildman–Crippen LogP) is 5.07. The number of hydrogen-bond donors (Lipinski definition) is 0. The Kier molecular flexibility index (Phi) is 6.18. The summed E-state index contributed by atoms with van der Waals surface area (Å²) in [5.41, 5.74) is 1.92. The standard InChI is InChI=1S/C28H27N3O5/c1-16(2)10-13-35-21-9-7-18(15-22(21)34-4)24-23-25(32)19-14-17(3)6-8-20(19)36-26(23)27(33)31(24)28-29-11-5-12-30-28/h5-9,11-12,14-16,24H,10,13H2,1-4H3. The first-order valence-electron chi connectivity index (χ1n) is 11.9. The lowest BCUT2D eigenvalue weighted by Crippen LogP contribution is -2.31. The highest BCUT2D eigenvalue weighted by Gasteiger charge is 2.45. The van der Waals surface area contributed by atoms with E-state index in [0.29, 0.717) is 40.6 Å². The number of fused-ring (bicyclic) bond motifs is 2. The Morgan fingerprint density at radius 1 is 1.06 bits per heavy atom. The normalized spacial score (nSPS) is 15.0. The Morgan fingerprint density at radius 3 is 2.56 bits per heavy atom. The molecule has 1 aliphatic heterocycles. The largest absolute Gasteiger partial charge is 0.493 e. The Labute approximate surface area is 208 Å². The van der Waals surface area contributed by atoms with E-state index in [4.69, 9.17) is 13.9 Å². The van der Waals surface area contributed by atoms with E-state index in [1.54, 1.807) is 49.8 Å². The Morgan fingerprint density at radius 2 is 1.83 bits per heavy atom. The van der Waals surface area contributed by atoms with Crippen molar-refractivity contribution in [2.75, 3.05) is 18.6 Å². The van der Waals surface area contributed by atoms with E-state index in [2.05, 4.69) is 23.8 Å². The minimum atomic E-state index is -0.797. The Balaban J connectivity index is 1.68. The van der Waals surface area contributed by atoms with Crippen LogP contribution in [0.5, 0.6) is 11.5 Å². The van der Waals surface area contributed by atoms with Gasteiger partial charge in [0.15, 0.2) is 16.9 Å². The molecule has 2 aromatic heterocycles. The van der Waals surface area contributed by atoms with Crippen LogP contribution in [0.15, 0.2) is 64.1 Å². The van der Waals surface area contributed by atoms with Gasteiger partial charge in [-0.25, -0.2) is 9.97 Å². The maximum absolute atomic E-state index is 13.8. The number of ether oxygens (including phenoxy) is 2. The molecule has 0 aliphatic carbocycles. The number of amides is 1. The molecular formula is C28H27N3O5. The molecule has 0 spiro atoms. The van der Waals surface area contributed by atoms with Crippen LogP contribution >= 0.6 is 0 Å². The summed E-state index contributed by atoms with van der Waals surface area (Å²) in [6.07, 6.45) is 4.01. The summed E-state index contributed by atoms with van der Waals surface area (Å²) >= 11 is 0. The molecule has 1 unspecified atom stereocenters. The van der Waals surface area contributed by atoms with E-state index in [1.807, 2.05) is 19.1 Å². The van der Waals surface area contributed by atoms with Crippen LogP contribution < -0.4 is 19.8 Å². The SMILES string of the molecule is COc1cc(C2c3c(oc4ccc(C)cc4c3=O)C(=O)N2c2ncccn2)ccc1OCCC(C)C. The second-order valence-corrected chi connectivity index (χ2v) is 9.24. The van der Waals surface area contributed by atoms with Crippen LogP contribution in [-0.2, 0) is 0 Å². The summed E-state index contributed by atoms with van der Waals surface area (Å²) in [6.45, 7) is 6.73. The van der Waals surface area contributed by atoms with Gasteiger partial charge in [0.05, 0.1) is 30.7 Å². The minimum Gasteiger partial charge on any atom is -0.493 e. The van der Waals surface area contributed by atoms with Gasteiger partial charge >= 0.3 is 0 Å². The van der Waals surface area contributed by atoms with Gasteiger partial charge in [-0.15, -0.1) is 0 Å². The summed E-state index contributed by atoms with van der Waals surface area (Å²) in [4.78, 5) is 37.4. The molecular weight excluding hydrogens is 458 g/mol. The third-order valence-corrected chi connectivity index (χ3v) is 6.25. The Bertz CT molecular complexity index is 1500. The number of aromatic nitrogens is 2. The van der Waals surface area contributed by atoms with Crippen molar-refractivity contribution >= 4 is 22.8 Å². The molecule has 4 aromatic rings. The molecule has 1 amide bonds. The molecule has 0 bridgehead atoms. The first-order valence-corrected chi connectivity index (χ1v) is 11.9. The third-order valence-electron chi connectivity index (χ3n) is 6.25. The highest BCUT2D eigenvalue weighted by molar-refractivity contribution is 6.09. The summed E-state index contributed by atoms with van der Waals surface area (Å²) in [7, 11) is 1.56. The van der Waals surface area contributed by atoms with Crippen LogP contribution in [0.2, 0.25) is 0 Å². The van der Waals surface area contributed by atoms with E-state index in [9.17, 15) is 9.59 Å². The van der Waals surface area contributed by atoms with Gasteiger partial charge in [0.1, 0.15) is 5.58 Å². The van der Waals surface area contributed by atoms with Crippen LogP contribution in [0.25, 0.3) is 11.0 Å². The van der Waals surface area contributed by atoms with E-state index in [0.717, 1.165) is 12.0 Å². The lowest BCUT2D eigenvalue weighted by Gasteiger charge is -2.24. The van der Waals surface area contributed by atoms with Crippen molar-refractivity contribution in [1.82, 2.24) is 9.97 Å². The van der Waals surface area contributed by atoms with Crippen LogP contribution in [0.4, 0.5) is 5.95 Å². The number of carbonyl (C=O) groups excluding carboxylic acids is 1. The van der Waals surface area contributed by atoms with Crippen molar-refractivity contribution in [3.63, 3.8) is 0 Å². The van der Waals surface area contributed by atoms with Gasteiger partial charge in [0, 0.05) is 12.4 Å². The van der Waals surface area contributed by atoms with Crippen molar-refractivity contribution < 1.29 is 18.7 Å². The molecule has 1 aliphatic rings. The van der Waals surface area contributed by atoms with E-state index < -0.39 is 11.9 Å². The second kappa shape index (κ2) is 9.45. The molecule has 5 rings (SSSR count). The molecule has 0 fully saturated rings. The lowest BCUT2D eigenvalue weighted by molar-refractivity contribution is 0.0969. The van der Waals surface area contributed by atoms with Crippen molar-refractivity contribution in [2.45, 2.75) is 33.2 Å². The van der Waals surface area contributed by atoms with Gasteiger partial charge in [0.2, 0.25) is 11.7 Å². The number of nitrogens with zero attached hydrogens (tertiary/aromatic N) is 3. The van der Waals surface area contributed by atoms with Gasteiger partial charge < -0.3 is 13.9 Å². The number of anilines is 1. The minimum absolute atomic E-state index is 0.00923. The number of rotatable bonds is 7. The highest BCUT2D eigenvalue weighted by atomic mass is 16.5. The van der Waals surface area contributed by atoms with Crippen molar-refractivity contribution in [3.8, 4) is 11.5 Å². The lowest BCUT2D eigenvalue weighted by atomic mass is 9.98. The molecule has 8 nitrogen and oxygen atoms in total. The fourth-order valence-corrected chi connectivity index (χ4v) is 4.40. The quantitative estimate of drug-likeness (QED) is 0.360. The summed E-state index contributed by atoms with van der Waals surface area (Å²) < 4.78 is 17.6. The molecule has 0 N–H and O–H groups in total. The van der Waals surface area contributed by atoms with E-state index in [1.165, 1.54) is 4.90 Å². The van der Waals surface area contributed by atoms with Crippen LogP contribution in [0, 0.1) is 12.8 Å². The fourth-order valence-electron chi connectivity index (χ4n) is 4.40. The molecule has 2 aromatic carbocycles. The molecule has 8 heteroatoms. The monoisotopic (exact) mass is 485 g/mol. The zero-order valence-electron chi connectivity index (χ0n) is 20.6. The van der Waals surface area contributed by atoms with Gasteiger partial charge in [0.25, 0.3) is 5.91 Å². The molecule has 3 heterocycles. The second-order valence-electron chi connectivity index (χ2n) is 9.24. The number of aryl methyl sites for hydroxylation is 1. The van der Waals surface area contributed by atoms with E-state index >= 15 is 0 Å². The van der Waals surface area contributed by atoms with Crippen molar-refractivity contribution in [3.05, 3.63) is 87.5 Å². The first kappa shape index (κ1) is 23.5. The first-order chi connectivity index (χ1) is 17.4. The summed E-state index contributed by atoms with van der Waals surface area (Å²) in [5.74, 6) is 1.30. The zero-order chi connectivity index (χ0) is 25.4. The topological polar surface area (TPSA) is 94.8 Å². The van der Waals surface area contributed by atoms with Gasteiger partial charge in [-0.3, -0.25) is 14.5 Å². The maximum Gasteiger partial charge on any atom is 0.297 e. The van der Waals surface area contributed by atoms with Crippen LogP contribution in [-0.4, -0.2) is 29.6 Å². The third kappa shape index (κ3) is 4.08. The summed E-state index contributed by atoms with van der Waals surface area (Å²) in [6, 6.07) is 11.6. The Hall–Kier alpha value is -4.20. The predicted molar refractivity (Wildman–Crippen MR) is 136 cm³/mol. The smallest absolute Gasteiger partial charge is 0.297 e. The van der Waals surface area contributed by atoms with Crippen LogP contribution in [0.3, 0.4) is 0 Å². The molecule has 184 valence electrons. The van der Waals surface area contributed by atoms with E-state index in [-0.39, 0.29) is 22.7 Å². The molecule has 0 saturated heterocycles.